The van der Waals surface area contributed by atoms with Gasteiger partial charge in [-0.3, -0.25) is 4.90 Å². The summed E-state index contributed by atoms with van der Waals surface area (Å²) < 4.78 is 0. The van der Waals surface area contributed by atoms with E-state index in [1.807, 2.05) is 0 Å². The normalized spacial score (nSPS) is 15.9. The maximum atomic E-state index is 8.58. The third-order valence-electron chi connectivity index (χ3n) is 3.37. The summed E-state index contributed by atoms with van der Waals surface area (Å²) in [6.07, 6.45) is 0.643. The highest BCUT2D eigenvalue weighted by molar-refractivity contribution is 5.85. The summed E-state index contributed by atoms with van der Waals surface area (Å²) in [6, 6.07) is 10.8. The van der Waals surface area contributed by atoms with E-state index >= 15 is 0 Å². The number of hydrogen-bond acceptors (Lipinski definition) is 3. The van der Waals surface area contributed by atoms with Crippen LogP contribution in [0.5, 0.6) is 0 Å². The Balaban J connectivity index is 0.00000162. The van der Waals surface area contributed by atoms with Crippen molar-refractivity contribution in [3.05, 3.63) is 29.8 Å². The van der Waals surface area contributed by atoms with Crippen LogP contribution in [0.2, 0.25) is 0 Å². The van der Waals surface area contributed by atoms with Crippen LogP contribution in [0.3, 0.4) is 0 Å². The van der Waals surface area contributed by atoms with Crippen molar-refractivity contribution >= 4 is 18.1 Å². The van der Waals surface area contributed by atoms with E-state index in [9.17, 15) is 0 Å². The molecule has 0 spiro atoms. The van der Waals surface area contributed by atoms with Crippen LogP contribution < -0.4 is 4.90 Å². The molecular weight excluding hydrogens is 246 g/mol. The highest BCUT2D eigenvalue weighted by Gasteiger charge is 2.17. The van der Waals surface area contributed by atoms with Crippen LogP contribution >= 0.6 is 12.4 Å². The van der Waals surface area contributed by atoms with Crippen molar-refractivity contribution in [2.75, 3.05) is 37.6 Å². The summed E-state index contributed by atoms with van der Waals surface area (Å²) in [5, 5.41) is 8.58. The topological polar surface area (TPSA) is 30.3 Å². The molecule has 2 rings (SSSR count). The molecule has 1 aromatic rings. The predicted octanol–water partition coefficient (Wildman–Crippen LogP) is 2.45. The minimum Gasteiger partial charge on any atom is -0.369 e. The van der Waals surface area contributed by atoms with Crippen LogP contribution in [0, 0.1) is 18.3 Å². The van der Waals surface area contributed by atoms with Gasteiger partial charge in [0, 0.05) is 44.8 Å². The fourth-order valence-corrected chi connectivity index (χ4v) is 2.34. The lowest BCUT2D eigenvalue weighted by molar-refractivity contribution is 0.263. The monoisotopic (exact) mass is 265 g/mol. The Morgan fingerprint density at radius 3 is 2.44 bits per heavy atom. The first-order valence-corrected chi connectivity index (χ1v) is 6.21. The Kier molecular flexibility index (Phi) is 5.97. The minimum absolute atomic E-state index is 0. The van der Waals surface area contributed by atoms with Gasteiger partial charge in [0.25, 0.3) is 0 Å². The average Bonchev–Trinajstić information content (AvgIpc) is 2.38. The van der Waals surface area contributed by atoms with Crippen LogP contribution in [0.25, 0.3) is 0 Å². The minimum atomic E-state index is 0. The second-order valence-corrected chi connectivity index (χ2v) is 4.52. The van der Waals surface area contributed by atoms with Gasteiger partial charge < -0.3 is 4.90 Å². The van der Waals surface area contributed by atoms with Gasteiger partial charge in [-0.1, -0.05) is 18.2 Å². The molecular formula is C14H20ClN3. The highest BCUT2D eigenvalue weighted by Crippen LogP contribution is 2.20. The fourth-order valence-electron chi connectivity index (χ4n) is 2.34. The van der Waals surface area contributed by atoms with E-state index in [-0.39, 0.29) is 12.4 Å². The lowest BCUT2D eigenvalue weighted by Gasteiger charge is -2.36. The average molecular weight is 266 g/mol. The van der Waals surface area contributed by atoms with Crippen molar-refractivity contribution in [2.24, 2.45) is 0 Å². The van der Waals surface area contributed by atoms with Gasteiger partial charge >= 0.3 is 0 Å². The molecule has 0 radical (unpaired) electrons. The molecule has 0 saturated carbocycles. The third-order valence-corrected chi connectivity index (χ3v) is 3.37. The van der Waals surface area contributed by atoms with Crippen LogP contribution in [0.15, 0.2) is 24.3 Å². The number of aryl methyl sites for hydroxylation is 1. The second kappa shape index (κ2) is 7.25. The molecule has 0 aliphatic carbocycles. The van der Waals surface area contributed by atoms with Crippen LogP contribution in [0.1, 0.15) is 12.0 Å². The first kappa shape index (κ1) is 14.8. The largest absolute Gasteiger partial charge is 0.369 e. The molecule has 0 unspecified atom stereocenters. The molecule has 98 valence electrons. The molecule has 1 heterocycles. The first-order chi connectivity index (χ1) is 8.31. The van der Waals surface area contributed by atoms with Crippen molar-refractivity contribution < 1.29 is 0 Å². The summed E-state index contributed by atoms with van der Waals surface area (Å²) in [5.41, 5.74) is 2.70. The number of nitriles is 1. The Labute approximate surface area is 115 Å². The quantitative estimate of drug-likeness (QED) is 0.841. The number of para-hydroxylation sites is 1. The van der Waals surface area contributed by atoms with Gasteiger partial charge in [0.05, 0.1) is 6.07 Å². The van der Waals surface area contributed by atoms with Crippen molar-refractivity contribution in [1.29, 1.82) is 5.26 Å². The third kappa shape index (κ3) is 3.63. The van der Waals surface area contributed by atoms with E-state index in [0.29, 0.717) is 6.42 Å². The maximum absolute atomic E-state index is 8.58. The first-order valence-electron chi connectivity index (χ1n) is 6.21. The number of rotatable bonds is 3. The molecule has 1 aliphatic heterocycles. The zero-order valence-electron chi connectivity index (χ0n) is 10.8. The summed E-state index contributed by atoms with van der Waals surface area (Å²) in [4.78, 5) is 4.82. The predicted molar refractivity (Wildman–Crippen MR) is 77.3 cm³/mol. The molecule has 0 bridgehead atoms. The highest BCUT2D eigenvalue weighted by atomic mass is 35.5. The number of anilines is 1. The summed E-state index contributed by atoms with van der Waals surface area (Å²) >= 11 is 0. The molecule has 1 saturated heterocycles. The molecule has 4 heteroatoms. The lowest BCUT2D eigenvalue weighted by Crippen LogP contribution is -2.46. The van der Waals surface area contributed by atoms with Gasteiger partial charge in [-0.05, 0) is 18.6 Å². The number of piperazine rings is 1. The maximum Gasteiger partial charge on any atom is 0.0635 e. The Morgan fingerprint density at radius 2 is 1.83 bits per heavy atom. The van der Waals surface area contributed by atoms with Crippen molar-refractivity contribution in [2.45, 2.75) is 13.3 Å². The van der Waals surface area contributed by atoms with E-state index in [2.05, 4.69) is 47.1 Å². The van der Waals surface area contributed by atoms with Gasteiger partial charge in [-0.2, -0.15) is 5.26 Å². The molecule has 0 aromatic heterocycles. The Morgan fingerprint density at radius 1 is 1.17 bits per heavy atom. The lowest BCUT2D eigenvalue weighted by atomic mass is 10.1. The van der Waals surface area contributed by atoms with E-state index in [1.165, 1.54) is 11.3 Å². The van der Waals surface area contributed by atoms with Crippen molar-refractivity contribution in [3.8, 4) is 6.07 Å². The van der Waals surface area contributed by atoms with Gasteiger partial charge in [0.15, 0.2) is 0 Å². The van der Waals surface area contributed by atoms with Gasteiger partial charge in [0.1, 0.15) is 0 Å². The molecule has 18 heavy (non-hydrogen) atoms. The molecule has 0 N–H and O–H groups in total. The van der Waals surface area contributed by atoms with Crippen molar-refractivity contribution in [3.63, 3.8) is 0 Å². The standard InChI is InChI=1S/C14H19N3.ClH/c1-13-5-2-3-6-14(13)17-11-9-16(10-12-17)8-4-7-15;/h2-3,5-6H,4,8-12H2,1H3;1H. The fraction of sp³-hybridized carbons (Fsp3) is 0.500. The molecule has 0 atom stereocenters. The SMILES string of the molecule is Cc1ccccc1N1CCN(CCC#N)CC1.Cl. The Hall–Kier alpha value is -1.24. The second-order valence-electron chi connectivity index (χ2n) is 4.52. The zero-order valence-corrected chi connectivity index (χ0v) is 11.6. The Bertz CT molecular complexity index is 406. The van der Waals surface area contributed by atoms with Gasteiger partial charge in [0.2, 0.25) is 0 Å². The van der Waals surface area contributed by atoms with E-state index < -0.39 is 0 Å². The van der Waals surface area contributed by atoms with E-state index in [0.717, 1.165) is 32.7 Å². The molecule has 3 nitrogen and oxygen atoms in total. The summed E-state index contributed by atoms with van der Waals surface area (Å²) in [7, 11) is 0. The van der Waals surface area contributed by atoms with Crippen LogP contribution in [-0.4, -0.2) is 37.6 Å². The number of halogens is 1. The molecule has 0 amide bonds. The number of hydrogen-bond donors (Lipinski definition) is 0. The van der Waals surface area contributed by atoms with E-state index in [4.69, 9.17) is 5.26 Å². The van der Waals surface area contributed by atoms with Crippen LogP contribution in [0.4, 0.5) is 5.69 Å². The summed E-state index contributed by atoms with van der Waals surface area (Å²) in [5.74, 6) is 0. The number of benzene rings is 1. The van der Waals surface area contributed by atoms with Crippen molar-refractivity contribution in [1.82, 2.24) is 4.90 Å². The van der Waals surface area contributed by atoms with Crippen LogP contribution in [-0.2, 0) is 0 Å². The number of nitrogens with zero attached hydrogens (tertiary/aromatic N) is 3. The molecule has 1 aliphatic rings. The van der Waals surface area contributed by atoms with Gasteiger partial charge in [-0.25, -0.2) is 0 Å². The summed E-state index contributed by atoms with van der Waals surface area (Å²) in [6.45, 7) is 7.34. The van der Waals surface area contributed by atoms with Gasteiger partial charge in [-0.15, -0.1) is 12.4 Å². The smallest absolute Gasteiger partial charge is 0.0635 e. The molecule has 1 fully saturated rings. The zero-order chi connectivity index (χ0) is 12.1. The van der Waals surface area contributed by atoms with E-state index in [1.54, 1.807) is 0 Å². The molecule has 1 aromatic carbocycles.